The van der Waals surface area contributed by atoms with Crippen LogP contribution >= 0.6 is 11.6 Å². The normalized spacial score (nSPS) is 10.8. The maximum absolute atomic E-state index is 11.8. The minimum Gasteiger partial charge on any atom is -0.398 e. The quantitative estimate of drug-likeness (QED) is 0.472. The third-order valence-electron chi connectivity index (χ3n) is 4.01. The summed E-state index contributed by atoms with van der Waals surface area (Å²) in [6, 6.07) is 16.9. The lowest BCUT2D eigenvalue weighted by atomic mass is 9.94. The molecule has 0 atom stereocenters. The Hall–Kier alpha value is -2.83. The van der Waals surface area contributed by atoms with Gasteiger partial charge in [-0.3, -0.25) is 4.79 Å². The van der Waals surface area contributed by atoms with E-state index in [1.54, 1.807) is 30.3 Å². The molecule has 3 aromatic carbocycles. The number of nitrogen functional groups attached to an aromatic ring is 1. The number of benzene rings is 3. The van der Waals surface area contributed by atoms with Gasteiger partial charge in [-0.2, -0.15) is 0 Å². The van der Waals surface area contributed by atoms with Crippen LogP contribution in [0.2, 0.25) is 5.02 Å². The summed E-state index contributed by atoms with van der Waals surface area (Å²) in [5.41, 5.74) is 14.9. The van der Waals surface area contributed by atoms with Crippen LogP contribution in [-0.4, -0.2) is 14.3 Å². The molecule has 132 valence electrons. The van der Waals surface area contributed by atoms with Crippen LogP contribution in [0.4, 0.5) is 5.69 Å². The number of primary amides is 1. The first-order chi connectivity index (χ1) is 12.4. The minimum absolute atomic E-state index is 0.200. The second-order valence-corrected chi connectivity index (χ2v) is 7.13. The largest absolute Gasteiger partial charge is 0.398 e. The smallest absolute Gasteiger partial charge is 0.250 e. The third kappa shape index (κ3) is 3.56. The number of carbonyl (C=O) groups excluding carboxylic acids is 1. The van der Waals surface area contributed by atoms with E-state index in [1.807, 2.05) is 18.2 Å². The van der Waals surface area contributed by atoms with Crippen LogP contribution in [0.1, 0.15) is 10.4 Å². The number of rotatable bonds is 4. The van der Waals surface area contributed by atoms with Crippen LogP contribution in [0.15, 0.2) is 65.6 Å². The summed E-state index contributed by atoms with van der Waals surface area (Å²) in [5, 5.41) is 0.599. The van der Waals surface area contributed by atoms with Gasteiger partial charge in [0.25, 0.3) is 5.91 Å². The zero-order valence-corrected chi connectivity index (χ0v) is 15.1. The first-order valence-electron chi connectivity index (χ1n) is 7.61. The van der Waals surface area contributed by atoms with Crippen molar-refractivity contribution in [2.24, 2.45) is 5.73 Å². The summed E-state index contributed by atoms with van der Waals surface area (Å²) in [6.07, 6.45) is 0. The molecule has 0 radical (unpaired) electrons. The second-order valence-electron chi connectivity index (χ2n) is 5.66. The lowest BCUT2D eigenvalue weighted by Crippen LogP contribution is -2.14. The number of hydrogen-bond acceptors (Lipinski definition) is 4. The van der Waals surface area contributed by atoms with Crippen LogP contribution in [0.25, 0.3) is 22.3 Å². The average Bonchev–Trinajstić information content (AvgIpc) is 2.62. The predicted octanol–water partition coefficient (Wildman–Crippen LogP) is 3.33. The number of anilines is 1. The van der Waals surface area contributed by atoms with Crippen LogP contribution < -0.4 is 11.5 Å². The minimum atomic E-state index is -2.66. The van der Waals surface area contributed by atoms with Gasteiger partial charge in [-0.05, 0) is 53.1 Å². The van der Waals surface area contributed by atoms with Crippen molar-refractivity contribution in [1.29, 1.82) is 0 Å². The van der Waals surface area contributed by atoms with E-state index in [-0.39, 0.29) is 16.1 Å². The number of halogens is 1. The van der Waals surface area contributed by atoms with E-state index in [2.05, 4.69) is 0 Å². The van der Waals surface area contributed by atoms with Gasteiger partial charge in [0.05, 0.1) is 16.1 Å². The highest BCUT2D eigenvalue weighted by molar-refractivity contribution is 7.72. The zero-order valence-electron chi connectivity index (χ0n) is 13.5. The van der Waals surface area contributed by atoms with Gasteiger partial charge < -0.3 is 11.5 Å². The van der Waals surface area contributed by atoms with Gasteiger partial charge in [0.1, 0.15) is 0 Å². The van der Waals surface area contributed by atoms with Crippen molar-refractivity contribution in [3.8, 4) is 22.3 Å². The number of nitrogens with two attached hydrogens (primary N) is 2. The Kier molecular flexibility index (Phi) is 4.97. The Morgan fingerprint density at radius 1 is 0.846 bits per heavy atom. The zero-order chi connectivity index (χ0) is 18.8. The molecule has 0 aliphatic heterocycles. The highest BCUT2D eigenvalue weighted by Crippen LogP contribution is 2.34. The molecular weight excluding hydrogens is 372 g/mol. The molecule has 0 aliphatic carbocycles. The highest BCUT2D eigenvalue weighted by atomic mass is 35.5. The molecule has 26 heavy (non-hydrogen) atoms. The van der Waals surface area contributed by atoms with Crippen LogP contribution in [0.5, 0.6) is 0 Å². The molecule has 0 saturated heterocycles. The van der Waals surface area contributed by atoms with Crippen molar-refractivity contribution >= 4 is 33.9 Å². The van der Waals surface area contributed by atoms with Crippen molar-refractivity contribution in [3.05, 3.63) is 71.2 Å². The fraction of sp³-hybridized carbons (Fsp3) is 0. The molecular formula is C19H15ClN2O3S. The van der Waals surface area contributed by atoms with Crippen LogP contribution in [0, 0.1) is 0 Å². The molecule has 3 rings (SSSR count). The van der Waals surface area contributed by atoms with Gasteiger partial charge in [-0.15, -0.1) is 0 Å². The Labute approximate surface area is 157 Å². The first-order valence-corrected chi connectivity index (χ1v) is 9.16. The van der Waals surface area contributed by atoms with E-state index < -0.39 is 16.6 Å². The van der Waals surface area contributed by atoms with Crippen LogP contribution in [0.3, 0.4) is 0 Å². The molecule has 4 N–H and O–H groups in total. The number of hydrogen-bond donors (Lipinski definition) is 3. The summed E-state index contributed by atoms with van der Waals surface area (Å²) in [4.78, 5) is 12.0. The Balaban J connectivity index is 2.20. The van der Waals surface area contributed by atoms with Crippen molar-refractivity contribution in [1.82, 2.24) is 0 Å². The first kappa shape index (κ1) is 18.0. The van der Waals surface area contributed by atoms with E-state index in [9.17, 15) is 13.2 Å². The second kappa shape index (κ2) is 7.19. The fourth-order valence-electron chi connectivity index (χ4n) is 2.67. The van der Waals surface area contributed by atoms with Gasteiger partial charge in [-0.25, -0.2) is 8.42 Å². The molecule has 3 aromatic rings. The van der Waals surface area contributed by atoms with Gasteiger partial charge in [-0.1, -0.05) is 35.9 Å². The molecule has 0 spiro atoms. The maximum atomic E-state index is 11.8. The molecule has 0 fully saturated rings. The Bertz CT molecular complexity index is 1050. The summed E-state index contributed by atoms with van der Waals surface area (Å²) in [7, 11) is -2.66. The monoisotopic (exact) mass is 386 g/mol. The molecule has 0 unspecified atom stereocenters. The summed E-state index contributed by atoms with van der Waals surface area (Å²) < 4.78 is 22.1. The standard InChI is InChI=1S/C19H15ClN2O3S/c20-14-5-1-11(2-6-14)13-9-16(18(21)17(10-13)19(22)23)12-3-7-15(8-4-12)26(24)25/h1-10,26H,21H2,(H2,22,23). The molecule has 5 nitrogen and oxygen atoms in total. The molecule has 1 amide bonds. The Morgan fingerprint density at radius 3 is 1.96 bits per heavy atom. The Morgan fingerprint density at radius 2 is 1.42 bits per heavy atom. The molecule has 7 heteroatoms. The third-order valence-corrected chi connectivity index (χ3v) is 4.98. The van der Waals surface area contributed by atoms with Gasteiger partial charge in [0.2, 0.25) is 0 Å². The fourth-order valence-corrected chi connectivity index (χ4v) is 3.19. The van der Waals surface area contributed by atoms with Gasteiger partial charge >= 0.3 is 0 Å². The lowest BCUT2D eigenvalue weighted by Gasteiger charge is -2.13. The summed E-state index contributed by atoms with van der Waals surface area (Å²) in [6.45, 7) is 0. The average molecular weight is 387 g/mol. The van der Waals surface area contributed by atoms with E-state index in [0.717, 1.165) is 11.1 Å². The van der Waals surface area contributed by atoms with Crippen molar-refractivity contribution in [2.45, 2.75) is 4.90 Å². The van der Waals surface area contributed by atoms with Crippen molar-refractivity contribution in [2.75, 3.05) is 5.73 Å². The van der Waals surface area contributed by atoms with Crippen LogP contribution in [-0.2, 0) is 10.7 Å². The van der Waals surface area contributed by atoms with Gasteiger partial charge in [0.15, 0.2) is 10.7 Å². The van der Waals surface area contributed by atoms with E-state index in [4.69, 9.17) is 23.1 Å². The number of amides is 1. The van der Waals surface area contributed by atoms with E-state index >= 15 is 0 Å². The SMILES string of the molecule is NC(=O)c1cc(-c2ccc(Cl)cc2)cc(-c2ccc([SH](=O)=O)cc2)c1N. The highest BCUT2D eigenvalue weighted by Gasteiger charge is 2.15. The molecule has 0 aliphatic rings. The van der Waals surface area contributed by atoms with Crippen molar-refractivity contribution in [3.63, 3.8) is 0 Å². The van der Waals surface area contributed by atoms with E-state index in [0.29, 0.717) is 16.1 Å². The number of carbonyl (C=O) groups is 1. The van der Waals surface area contributed by atoms with E-state index in [1.165, 1.54) is 12.1 Å². The lowest BCUT2D eigenvalue weighted by molar-refractivity contribution is 0.100. The number of thiol groups is 1. The van der Waals surface area contributed by atoms with Gasteiger partial charge in [0, 0.05) is 10.6 Å². The molecule has 0 heterocycles. The molecule has 0 bridgehead atoms. The molecule has 0 saturated carbocycles. The maximum Gasteiger partial charge on any atom is 0.250 e. The van der Waals surface area contributed by atoms with Crippen molar-refractivity contribution < 1.29 is 13.2 Å². The molecule has 0 aromatic heterocycles. The summed E-state index contributed by atoms with van der Waals surface area (Å²) in [5.74, 6) is -0.640. The summed E-state index contributed by atoms with van der Waals surface area (Å²) >= 11 is 5.93. The topological polar surface area (TPSA) is 103 Å². The predicted molar refractivity (Wildman–Crippen MR) is 104 cm³/mol.